The van der Waals surface area contributed by atoms with Crippen molar-refractivity contribution in [3.8, 4) is 0 Å². The number of likely N-dealkylation sites (N-methyl/N-ethyl adjacent to an activating group) is 1. The molecule has 1 heterocycles. The average molecular weight is 253 g/mol. The van der Waals surface area contributed by atoms with Gasteiger partial charge in [0.05, 0.1) is 0 Å². The van der Waals surface area contributed by atoms with Gasteiger partial charge in [-0.15, -0.1) is 0 Å². The Bertz CT molecular complexity index is 324. The first-order chi connectivity index (χ1) is 8.61. The second-order valence-electron chi connectivity index (χ2n) is 5.35. The van der Waals surface area contributed by atoms with Gasteiger partial charge in [0.1, 0.15) is 6.04 Å². The molecule has 0 aromatic carbocycles. The first-order valence-electron chi connectivity index (χ1n) is 6.97. The predicted octanol–water partition coefficient (Wildman–Crippen LogP) is 0.383. The van der Waals surface area contributed by atoms with Gasteiger partial charge in [0.2, 0.25) is 11.8 Å². The van der Waals surface area contributed by atoms with Crippen molar-refractivity contribution in [2.75, 3.05) is 6.54 Å². The van der Waals surface area contributed by atoms with Crippen molar-refractivity contribution in [2.45, 2.75) is 63.6 Å². The minimum Gasteiger partial charge on any atom is -0.344 e. The van der Waals surface area contributed by atoms with E-state index < -0.39 is 0 Å². The maximum absolute atomic E-state index is 12.4. The van der Waals surface area contributed by atoms with Crippen molar-refractivity contribution in [1.29, 1.82) is 0 Å². The van der Waals surface area contributed by atoms with E-state index in [-0.39, 0.29) is 17.9 Å². The van der Waals surface area contributed by atoms with E-state index in [1.54, 1.807) is 0 Å². The van der Waals surface area contributed by atoms with Gasteiger partial charge in [0, 0.05) is 25.0 Å². The average Bonchev–Trinajstić information content (AvgIpc) is 2.79. The number of carbonyl (C=O) groups is 2. The smallest absolute Gasteiger partial charge is 0.245 e. The SMILES string of the molecule is CCN(C(=O)C1CCC(=O)N1)C1CCC(N)CC1. The van der Waals surface area contributed by atoms with Gasteiger partial charge >= 0.3 is 0 Å². The van der Waals surface area contributed by atoms with E-state index in [9.17, 15) is 9.59 Å². The summed E-state index contributed by atoms with van der Waals surface area (Å²) >= 11 is 0. The highest BCUT2D eigenvalue weighted by molar-refractivity contribution is 5.90. The van der Waals surface area contributed by atoms with Gasteiger partial charge in [0.25, 0.3) is 0 Å². The standard InChI is InChI=1S/C13H23N3O2/c1-2-16(10-5-3-9(14)4-6-10)13(18)11-7-8-12(17)15-11/h9-11H,2-8,14H2,1H3,(H,15,17). The zero-order valence-electron chi connectivity index (χ0n) is 11.0. The monoisotopic (exact) mass is 253 g/mol. The summed E-state index contributed by atoms with van der Waals surface area (Å²) in [7, 11) is 0. The summed E-state index contributed by atoms with van der Waals surface area (Å²) in [6.45, 7) is 2.72. The van der Waals surface area contributed by atoms with Crippen molar-refractivity contribution in [3.63, 3.8) is 0 Å². The number of hydrogen-bond donors (Lipinski definition) is 2. The normalized spacial score (nSPS) is 32.1. The van der Waals surface area contributed by atoms with E-state index in [4.69, 9.17) is 5.73 Å². The highest BCUT2D eigenvalue weighted by Gasteiger charge is 2.34. The molecular weight excluding hydrogens is 230 g/mol. The molecule has 102 valence electrons. The Kier molecular flexibility index (Phi) is 4.22. The number of nitrogens with two attached hydrogens (primary N) is 1. The zero-order chi connectivity index (χ0) is 13.1. The molecule has 1 aliphatic carbocycles. The summed E-state index contributed by atoms with van der Waals surface area (Å²) in [5.74, 6) is 0.0823. The van der Waals surface area contributed by atoms with Crippen LogP contribution in [0.1, 0.15) is 45.4 Å². The van der Waals surface area contributed by atoms with Crippen molar-refractivity contribution < 1.29 is 9.59 Å². The molecule has 1 unspecified atom stereocenters. The molecule has 1 saturated heterocycles. The summed E-state index contributed by atoms with van der Waals surface area (Å²) in [4.78, 5) is 25.5. The lowest BCUT2D eigenvalue weighted by atomic mass is 9.90. The lowest BCUT2D eigenvalue weighted by Gasteiger charge is -2.36. The lowest BCUT2D eigenvalue weighted by molar-refractivity contribution is -0.137. The number of rotatable bonds is 3. The van der Waals surface area contributed by atoms with E-state index >= 15 is 0 Å². The molecule has 5 heteroatoms. The molecule has 2 fully saturated rings. The molecule has 0 bridgehead atoms. The molecule has 2 rings (SSSR count). The van der Waals surface area contributed by atoms with Crippen LogP contribution in [0.4, 0.5) is 0 Å². The topological polar surface area (TPSA) is 75.4 Å². The van der Waals surface area contributed by atoms with E-state index in [1.165, 1.54) is 0 Å². The molecule has 2 amide bonds. The van der Waals surface area contributed by atoms with Crippen LogP contribution < -0.4 is 11.1 Å². The lowest BCUT2D eigenvalue weighted by Crippen LogP contribution is -2.50. The molecule has 0 spiro atoms. The van der Waals surface area contributed by atoms with Crippen molar-refractivity contribution in [3.05, 3.63) is 0 Å². The number of nitrogens with zero attached hydrogens (tertiary/aromatic N) is 1. The van der Waals surface area contributed by atoms with Crippen molar-refractivity contribution in [1.82, 2.24) is 10.2 Å². The van der Waals surface area contributed by atoms with Crippen LogP contribution in [-0.4, -0.2) is 41.4 Å². The molecule has 1 aliphatic heterocycles. The van der Waals surface area contributed by atoms with Crippen LogP contribution in [0.3, 0.4) is 0 Å². The second-order valence-corrected chi connectivity index (χ2v) is 5.35. The third kappa shape index (κ3) is 2.83. The summed E-state index contributed by atoms with van der Waals surface area (Å²) in [5.41, 5.74) is 5.89. The molecule has 18 heavy (non-hydrogen) atoms. The molecule has 1 atom stereocenters. The Morgan fingerprint density at radius 3 is 2.50 bits per heavy atom. The highest BCUT2D eigenvalue weighted by atomic mass is 16.2. The third-order valence-electron chi connectivity index (χ3n) is 4.10. The molecule has 5 nitrogen and oxygen atoms in total. The van der Waals surface area contributed by atoms with Crippen LogP contribution in [0, 0.1) is 0 Å². The number of amides is 2. The van der Waals surface area contributed by atoms with Crippen LogP contribution >= 0.6 is 0 Å². The predicted molar refractivity (Wildman–Crippen MR) is 68.8 cm³/mol. The fourth-order valence-electron chi connectivity index (χ4n) is 3.01. The van der Waals surface area contributed by atoms with Crippen LogP contribution in [0.25, 0.3) is 0 Å². The summed E-state index contributed by atoms with van der Waals surface area (Å²) in [5, 5.41) is 2.76. The van der Waals surface area contributed by atoms with Crippen molar-refractivity contribution >= 4 is 11.8 Å². The van der Waals surface area contributed by atoms with Crippen LogP contribution in [-0.2, 0) is 9.59 Å². The molecule has 2 aliphatic rings. The van der Waals surface area contributed by atoms with E-state index in [1.807, 2.05) is 11.8 Å². The fraction of sp³-hybridized carbons (Fsp3) is 0.846. The Labute approximate surface area is 108 Å². The van der Waals surface area contributed by atoms with Gasteiger partial charge in [-0.1, -0.05) is 0 Å². The van der Waals surface area contributed by atoms with Gasteiger partial charge in [-0.25, -0.2) is 0 Å². The van der Waals surface area contributed by atoms with E-state index in [0.29, 0.717) is 31.5 Å². The first kappa shape index (κ1) is 13.3. The van der Waals surface area contributed by atoms with E-state index in [2.05, 4.69) is 5.32 Å². The van der Waals surface area contributed by atoms with Gasteiger partial charge < -0.3 is 16.0 Å². The molecule has 0 radical (unpaired) electrons. The van der Waals surface area contributed by atoms with Gasteiger partial charge in [-0.05, 0) is 39.0 Å². The second kappa shape index (κ2) is 5.69. The minimum absolute atomic E-state index is 0.00457. The maximum Gasteiger partial charge on any atom is 0.245 e. The maximum atomic E-state index is 12.4. The molecule has 0 aromatic heterocycles. The molecular formula is C13H23N3O2. The Morgan fingerprint density at radius 2 is 2.00 bits per heavy atom. The summed E-state index contributed by atoms with van der Waals surface area (Å²) in [6.07, 6.45) is 5.07. The van der Waals surface area contributed by atoms with Gasteiger partial charge in [-0.3, -0.25) is 9.59 Å². The van der Waals surface area contributed by atoms with Crippen LogP contribution in [0.5, 0.6) is 0 Å². The quantitative estimate of drug-likeness (QED) is 0.763. The van der Waals surface area contributed by atoms with Crippen LogP contribution in [0.15, 0.2) is 0 Å². The largest absolute Gasteiger partial charge is 0.344 e. The van der Waals surface area contributed by atoms with Gasteiger partial charge in [0.15, 0.2) is 0 Å². The molecule has 1 saturated carbocycles. The van der Waals surface area contributed by atoms with Gasteiger partial charge in [-0.2, -0.15) is 0 Å². The summed E-state index contributed by atoms with van der Waals surface area (Å²) < 4.78 is 0. The molecule has 0 aromatic rings. The zero-order valence-corrected chi connectivity index (χ0v) is 11.0. The van der Waals surface area contributed by atoms with E-state index in [0.717, 1.165) is 25.7 Å². The Balaban J connectivity index is 1.95. The molecule has 3 N–H and O–H groups in total. The Morgan fingerprint density at radius 1 is 1.33 bits per heavy atom. The van der Waals surface area contributed by atoms with Crippen LogP contribution in [0.2, 0.25) is 0 Å². The number of nitrogens with one attached hydrogen (secondary N) is 1. The number of hydrogen-bond acceptors (Lipinski definition) is 3. The van der Waals surface area contributed by atoms with Crippen molar-refractivity contribution in [2.24, 2.45) is 5.73 Å². The third-order valence-corrected chi connectivity index (χ3v) is 4.10. The first-order valence-corrected chi connectivity index (χ1v) is 6.97. The minimum atomic E-state index is -0.298. The Hall–Kier alpha value is -1.10. The summed E-state index contributed by atoms with van der Waals surface area (Å²) in [6, 6.07) is 0.300. The highest BCUT2D eigenvalue weighted by Crippen LogP contribution is 2.23. The number of carbonyl (C=O) groups excluding carboxylic acids is 2. The fourth-order valence-corrected chi connectivity index (χ4v) is 3.01.